The van der Waals surface area contributed by atoms with Crippen LogP contribution < -0.4 is 0 Å². The Bertz CT molecular complexity index is 466. The van der Waals surface area contributed by atoms with E-state index in [4.69, 9.17) is 0 Å². The summed E-state index contributed by atoms with van der Waals surface area (Å²) < 4.78 is 0. The van der Waals surface area contributed by atoms with Gasteiger partial charge in [0.05, 0.1) is 5.69 Å². The first-order valence-electron chi connectivity index (χ1n) is 6.24. The molecule has 18 heavy (non-hydrogen) atoms. The van der Waals surface area contributed by atoms with Crippen molar-refractivity contribution in [1.29, 1.82) is 0 Å². The lowest BCUT2D eigenvalue weighted by molar-refractivity contribution is 0.735. The standard InChI is InChI=1S/C16H18N2/c1-3-8-13(4-2)16-17-12-11-15(18-16)14-9-6-5-7-10-14/h3-7,9,11-14H,1-2,8,10H2. The smallest absolute Gasteiger partial charge is 0.135 e. The van der Waals surface area contributed by atoms with E-state index in [-0.39, 0.29) is 5.92 Å². The Kier molecular flexibility index (Phi) is 4.24. The lowest BCUT2D eigenvalue weighted by Gasteiger charge is -2.15. The number of aromatic nitrogens is 2. The number of hydrogen-bond acceptors (Lipinski definition) is 2. The van der Waals surface area contributed by atoms with Crippen LogP contribution in [0.2, 0.25) is 0 Å². The average Bonchev–Trinajstić information content (AvgIpc) is 2.46. The fourth-order valence-electron chi connectivity index (χ4n) is 2.06. The van der Waals surface area contributed by atoms with Crippen LogP contribution >= 0.6 is 0 Å². The second-order valence-electron chi connectivity index (χ2n) is 4.36. The molecular weight excluding hydrogens is 220 g/mol. The minimum atomic E-state index is 0.158. The van der Waals surface area contributed by atoms with Crippen molar-refractivity contribution in [3.8, 4) is 0 Å². The van der Waals surface area contributed by atoms with Crippen molar-refractivity contribution in [3.05, 3.63) is 73.4 Å². The molecule has 0 aliphatic heterocycles. The Morgan fingerprint density at radius 3 is 2.94 bits per heavy atom. The van der Waals surface area contributed by atoms with Crippen LogP contribution in [-0.4, -0.2) is 9.97 Å². The first-order valence-corrected chi connectivity index (χ1v) is 6.24. The van der Waals surface area contributed by atoms with Crippen molar-refractivity contribution < 1.29 is 0 Å². The molecule has 0 aromatic carbocycles. The van der Waals surface area contributed by atoms with E-state index in [9.17, 15) is 0 Å². The van der Waals surface area contributed by atoms with Gasteiger partial charge in [-0.05, 0) is 18.9 Å². The predicted octanol–water partition coefficient (Wildman–Crippen LogP) is 3.92. The minimum absolute atomic E-state index is 0.158. The van der Waals surface area contributed by atoms with Crippen molar-refractivity contribution in [1.82, 2.24) is 9.97 Å². The minimum Gasteiger partial charge on any atom is -0.241 e. The van der Waals surface area contributed by atoms with Crippen LogP contribution in [0.4, 0.5) is 0 Å². The third kappa shape index (κ3) is 2.83. The summed E-state index contributed by atoms with van der Waals surface area (Å²) in [6.07, 6.45) is 15.9. The van der Waals surface area contributed by atoms with Crippen molar-refractivity contribution >= 4 is 0 Å². The zero-order valence-corrected chi connectivity index (χ0v) is 10.5. The maximum Gasteiger partial charge on any atom is 0.135 e. The van der Waals surface area contributed by atoms with Crippen LogP contribution in [0.1, 0.15) is 36.2 Å². The van der Waals surface area contributed by atoms with Crippen LogP contribution in [-0.2, 0) is 0 Å². The van der Waals surface area contributed by atoms with Gasteiger partial charge in [-0.25, -0.2) is 9.97 Å². The molecule has 0 fully saturated rings. The molecule has 1 aromatic heterocycles. The van der Waals surface area contributed by atoms with Gasteiger partial charge in [-0.15, -0.1) is 13.2 Å². The van der Waals surface area contributed by atoms with Crippen LogP contribution in [0.15, 0.2) is 61.9 Å². The molecule has 2 heteroatoms. The monoisotopic (exact) mass is 238 g/mol. The molecule has 2 nitrogen and oxygen atoms in total. The van der Waals surface area contributed by atoms with Crippen molar-refractivity contribution in [2.45, 2.75) is 24.7 Å². The fourth-order valence-corrected chi connectivity index (χ4v) is 2.06. The van der Waals surface area contributed by atoms with Gasteiger partial charge in [0, 0.05) is 18.0 Å². The Hall–Kier alpha value is -1.96. The van der Waals surface area contributed by atoms with Crippen LogP contribution in [0.3, 0.4) is 0 Å². The van der Waals surface area contributed by atoms with E-state index < -0.39 is 0 Å². The normalized spacial score (nSPS) is 19.4. The van der Waals surface area contributed by atoms with E-state index in [0.717, 1.165) is 24.4 Å². The fraction of sp³-hybridized carbons (Fsp3) is 0.250. The first kappa shape index (κ1) is 12.5. The first-order chi connectivity index (χ1) is 8.85. The summed E-state index contributed by atoms with van der Waals surface area (Å²) in [6.45, 7) is 7.61. The summed E-state index contributed by atoms with van der Waals surface area (Å²) in [6, 6.07) is 1.99. The van der Waals surface area contributed by atoms with Gasteiger partial charge >= 0.3 is 0 Å². The Labute approximate surface area is 108 Å². The summed E-state index contributed by atoms with van der Waals surface area (Å²) >= 11 is 0. The third-order valence-corrected chi connectivity index (χ3v) is 3.09. The predicted molar refractivity (Wildman–Crippen MR) is 75.4 cm³/mol. The van der Waals surface area contributed by atoms with Crippen LogP contribution in [0.25, 0.3) is 0 Å². The van der Waals surface area contributed by atoms with Crippen molar-refractivity contribution in [2.75, 3.05) is 0 Å². The molecule has 0 saturated heterocycles. The second kappa shape index (κ2) is 6.10. The highest BCUT2D eigenvalue weighted by Gasteiger charge is 2.14. The highest BCUT2D eigenvalue weighted by Crippen LogP contribution is 2.24. The number of hydrogen-bond donors (Lipinski definition) is 0. The van der Waals surface area contributed by atoms with Gasteiger partial charge in [0.15, 0.2) is 0 Å². The Balaban J connectivity index is 2.23. The summed E-state index contributed by atoms with van der Waals surface area (Å²) in [5, 5.41) is 0. The third-order valence-electron chi connectivity index (χ3n) is 3.09. The largest absolute Gasteiger partial charge is 0.241 e. The van der Waals surface area contributed by atoms with E-state index in [1.54, 1.807) is 0 Å². The topological polar surface area (TPSA) is 25.8 Å². The number of allylic oxidation sites excluding steroid dienone is 6. The summed E-state index contributed by atoms with van der Waals surface area (Å²) in [4.78, 5) is 9.02. The lowest BCUT2D eigenvalue weighted by atomic mass is 9.96. The molecule has 0 amide bonds. The molecule has 1 aliphatic carbocycles. The zero-order chi connectivity index (χ0) is 12.8. The molecule has 2 atom stereocenters. The summed E-state index contributed by atoms with van der Waals surface area (Å²) in [5.74, 6) is 1.36. The molecule has 2 rings (SSSR count). The lowest BCUT2D eigenvalue weighted by Crippen LogP contribution is -2.06. The van der Waals surface area contributed by atoms with E-state index >= 15 is 0 Å². The number of nitrogens with zero attached hydrogens (tertiary/aromatic N) is 2. The van der Waals surface area contributed by atoms with Crippen LogP contribution in [0.5, 0.6) is 0 Å². The molecule has 0 radical (unpaired) electrons. The van der Waals surface area contributed by atoms with Crippen LogP contribution in [0, 0.1) is 0 Å². The molecular formula is C16H18N2. The summed E-state index contributed by atoms with van der Waals surface area (Å²) in [7, 11) is 0. The van der Waals surface area contributed by atoms with E-state index in [1.165, 1.54) is 0 Å². The molecule has 92 valence electrons. The maximum atomic E-state index is 4.67. The van der Waals surface area contributed by atoms with Gasteiger partial charge in [0.1, 0.15) is 5.82 Å². The summed E-state index contributed by atoms with van der Waals surface area (Å²) in [5.41, 5.74) is 1.08. The number of rotatable bonds is 5. The van der Waals surface area contributed by atoms with E-state index in [0.29, 0.717) is 5.92 Å². The average molecular weight is 238 g/mol. The van der Waals surface area contributed by atoms with Gasteiger partial charge in [-0.2, -0.15) is 0 Å². The second-order valence-corrected chi connectivity index (χ2v) is 4.36. The van der Waals surface area contributed by atoms with E-state index in [1.807, 2.05) is 24.4 Å². The Morgan fingerprint density at radius 2 is 2.28 bits per heavy atom. The van der Waals surface area contributed by atoms with Gasteiger partial charge in [0.25, 0.3) is 0 Å². The molecule has 0 N–H and O–H groups in total. The van der Waals surface area contributed by atoms with E-state index in [2.05, 4.69) is 47.4 Å². The zero-order valence-electron chi connectivity index (χ0n) is 10.5. The molecule has 2 unspecified atom stereocenters. The molecule has 1 aliphatic rings. The highest BCUT2D eigenvalue weighted by molar-refractivity contribution is 5.24. The molecule has 1 heterocycles. The van der Waals surface area contributed by atoms with Gasteiger partial charge in [0.2, 0.25) is 0 Å². The van der Waals surface area contributed by atoms with Gasteiger partial charge in [-0.1, -0.05) is 36.5 Å². The molecule has 0 bridgehead atoms. The van der Waals surface area contributed by atoms with Gasteiger partial charge < -0.3 is 0 Å². The van der Waals surface area contributed by atoms with Crippen molar-refractivity contribution in [3.63, 3.8) is 0 Å². The Morgan fingerprint density at radius 1 is 1.39 bits per heavy atom. The SMILES string of the molecule is C=CCC(C=C)c1nccc(C2C=CC=CC2)n1. The molecule has 0 saturated carbocycles. The van der Waals surface area contributed by atoms with Crippen molar-refractivity contribution in [2.24, 2.45) is 0 Å². The van der Waals surface area contributed by atoms with Gasteiger partial charge in [-0.3, -0.25) is 0 Å². The quantitative estimate of drug-likeness (QED) is 0.726. The molecule has 0 spiro atoms. The highest BCUT2D eigenvalue weighted by atomic mass is 14.9. The maximum absolute atomic E-state index is 4.67. The molecule has 1 aromatic rings.